The van der Waals surface area contributed by atoms with Crippen molar-refractivity contribution in [3.05, 3.63) is 58.1 Å². The van der Waals surface area contributed by atoms with Gasteiger partial charge in [0, 0.05) is 0 Å². The third-order valence-electron chi connectivity index (χ3n) is 3.03. The van der Waals surface area contributed by atoms with E-state index in [2.05, 4.69) is 4.72 Å². The van der Waals surface area contributed by atoms with Crippen molar-refractivity contribution in [1.29, 1.82) is 0 Å². The van der Waals surface area contributed by atoms with E-state index in [1.807, 2.05) is 0 Å². The Morgan fingerprint density at radius 3 is 2.38 bits per heavy atom. The fourth-order valence-electron chi connectivity index (χ4n) is 1.99. The maximum Gasteiger partial charge on any atom is 0.334 e. The number of nitrogens with zero attached hydrogens (tertiary/aromatic N) is 1. The summed E-state index contributed by atoms with van der Waals surface area (Å²) in [7, 11) is -2.10. The number of hydrogen-bond acceptors (Lipinski definition) is 6. The monoisotopic (exact) mass is 352 g/mol. The summed E-state index contributed by atoms with van der Waals surface area (Å²) in [5, 5.41) is 11.3. The van der Waals surface area contributed by atoms with Gasteiger partial charge in [0.1, 0.15) is 18.0 Å². The lowest BCUT2D eigenvalue weighted by Crippen LogP contribution is -2.11. The second kappa shape index (κ2) is 7.18. The van der Waals surface area contributed by atoms with E-state index >= 15 is 0 Å². The van der Waals surface area contributed by atoms with Crippen LogP contribution in [0.3, 0.4) is 0 Å². The van der Waals surface area contributed by atoms with Gasteiger partial charge in [0.05, 0.1) is 18.3 Å². The Hall–Kier alpha value is -2.81. The first-order valence-corrected chi connectivity index (χ1v) is 8.70. The van der Waals surface area contributed by atoms with Gasteiger partial charge in [-0.3, -0.25) is 14.8 Å². The van der Waals surface area contributed by atoms with Crippen LogP contribution in [0, 0.1) is 10.1 Å². The van der Waals surface area contributed by atoms with Crippen molar-refractivity contribution >= 4 is 21.4 Å². The molecule has 0 aliphatic rings. The van der Waals surface area contributed by atoms with Gasteiger partial charge in [-0.1, -0.05) is 18.2 Å². The fourth-order valence-corrected chi connectivity index (χ4v) is 2.56. The fraction of sp³-hybridized carbons (Fsp3) is 0.200. The van der Waals surface area contributed by atoms with Gasteiger partial charge in [-0.25, -0.2) is 8.42 Å². The predicted octanol–water partition coefficient (Wildman–Crippen LogP) is 2.55. The largest absolute Gasteiger partial charge is 0.497 e. The van der Waals surface area contributed by atoms with Crippen molar-refractivity contribution in [1.82, 2.24) is 0 Å². The highest BCUT2D eigenvalue weighted by atomic mass is 32.2. The van der Waals surface area contributed by atoms with Gasteiger partial charge in [0.25, 0.3) is 0 Å². The molecule has 0 saturated carbocycles. The van der Waals surface area contributed by atoms with Crippen LogP contribution < -0.4 is 14.2 Å². The molecule has 0 heterocycles. The number of nitrogens with one attached hydrogen (secondary N) is 1. The van der Waals surface area contributed by atoms with Crippen LogP contribution in [0.25, 0.3) is 0 Å². The number of anilines is 1. The molecule has 2 aromatic rings. The Bertz CT molecular complexity index is 834. The van der Waals surface area contributed by atoms with Gasteiger partial charge in [0.2, 0.25) is 10.0 Å². The number of methoxy groups -OCH3 is 1. The summed E-state index contributed by atoms with van der Waals surface area (Å²) in [4.78, 5) is 10.6. The van der Waals surface area contributed by atoms with Crippen molar-refractivity contribution in [3.63, 3.8) is 0 Å². The van der Waals surface area contributed by atoms with Crippen LogP contribution in [0.2, 0.25) is 0 Å². The number of ether oxygens (including phenoxy) is 2. The van der Waals surface area contributed by atoms with Crippen LogP contribution in [0.4, 0.5) is 11.4 Å². The summed E-state index contributed by atoms with van der Waals surface area (Å²) in [6.07, 6.45) is 0.918. The number of benzene rings is 2. The van der Waals surface area contributed by atoms with Crippen molar-refractivity contribution in [2.75, 3.05) is 18.1 Å². The molecule has 128 valence electrons. The third kappa shape index (κ3) is 4.59. The van der Waals surface area contributed by atoms with E-state index in [9.17, 15) is 18.5 Å². The second-order valence-electron chi connectivity index (χ2n) is 4.92. The molecule has 0 fully saturated rings. The van der Waals surface area contributed by atoms with Crippen LogP contribution >= 0.6 is 0 Å². The highest BCUT2D eigenvalue weighted by molar-refractivity contribution is 7.92. The molecule has 0 aromatic heterocycles. The second-order valence-corrected chi connectivity index (χ2v) is 6.67. The maximum absolute atomic E-state index is 11.3. The number of nitro benzene ring substituents is 1. The highest BCUT2D eigenvalue weighted by Gasteiger charge is 2.23. The molecule has 8 nitrogen and oxygen atoms in total. The summed E-state index contributed by atoms with van der Waals surface area (Å²) >= 11 is 0. The smallest absolute Gasteiger partial charge is 0.334 e. The lowest BCUT2D eigenvalue weighted by Gasteiger charge is -2.10. The molecule has 9 heteroatoms. The molecule has 2 aromatic carbocycles. The van der Waals surface area contributed by atoms with Crippen LogP contribution in [0.1, 0.15) is 5.56 Å². The number of nitro groups is 1. The lowest BCUT2D eigenvalue weighted by atomic mass is 10.2. The van der Waals surface area contributed by atoms with E-state index in [1.165, 1.54) is 18.2 Å². The number of sulfonamides is 1. The molecule has 24 heavy (non-hydrogen) atoms. The first-order valence-electron chi connectivity index (χ1n) is 6.81. The Balaban J connectivity index is 2.25. The molecule has 0 saturated heterocycles. The molecular formula is C15H16N2O6S. The van der Waals surface area contributed by atoms with Gasteiger partial charge in [0.15, 0.2) is 5.75 Å². The molecule has 0 aliphatic carbocycles. The van der Waals surface area contributed by atoms with E-state index < -0.39 is 20.6 Å². The van der Waals surface area contributed by atoms with E-state index in [4.69, 9.17) is 9.47 Å². The molecule has 2 rings (SSSR count). The van der Waals surface area contributed by atoms with Crippen LogP contribution in [0.15, 0.2) is 42.5 Å². The summed E-state index contributed by atoms with van der Waals surface area (Å²) in [6, 6.07) is 11.2. The highest BCUT2D eigenvalue weighted by Crippen LogP contribution is 2.35. The third-order valence-corrected chi connectivity index (χ3v) is 3.62. The minimum atomic E-state index is -3.65. The number of hydrogen-bond donors (Lipinski definition) is 1. The van der Waals surface area contributed by atoms with Crippen LogP contribution in [-0.4, -0.2) is 26.7 Å². The first-order chi connectivity index (χ1) is 11.3. The zero-order valence-corrected chi connectivity index (χ0v) is 13.9. The van der Waals surface area contributed by atoms with Gasteiger partial charge >= 0.3 is 5.69 Å². The van der Waals surface area contributed by atoms with Crippen LogP contribution in [-0.2, 0) is 16.6 Å². The van der Waals surface area contributed by atoms with E-state index in [0.29, 0.717) is 5.75 Å². The molecule has 0 atom stereocenters. The first kappa shape index (κ1) is 17.5. The zero-order valence-electron chi connectivity index (χ0n) is 13.1. The average Bonchev–Trinajstić information content (AvgIpc) is 2.51. The molecular weight excluding hydrogens is 336 g/mol. The minimum absolute atomic E-state index is 0.0236. The zero-order chi connectivity index (χ0) is 17.7. The van der Waals surface area contributed by atoms with E-state index in [-0.39, 0.29) is 18.0 Å². The maximum atomic E-state index is 11.3. The molecule has 0 spiro atoms. The van der Waals surface area contributed by atoms with Gasteiger partial charge < -0.3 is 9.47 Å². The molecule has 1 N–H and O–H groups in total. The summed E-state index contributed by atoms with van der Waals surface area (Å²) in [5.74, 6) is 0.661. The summed E-state index contributed by atoms with van der Waals surface area (Å²) < 4.78 is 35.3. The Labute approximate surface area is 139 Å². The Morgan fingerprint density at radius 2 is 1.83 bits per heavy atom. The van der Waals surface area contributed by atoms with E-state index in [0.717, 1.165) is 11.8 Å². The van der Waals surface area contributed by atoms with Crippen molar-refractivity contribution in [2.45, 2.75) is 6.61 Å². The SMILES string of the molecule is COc1ccc(COc2cccc(NS(C)(=O)=O)c2[N+](=O)[O-])cc1. The van der Waals surface area contributed by atoms with Crippen LogP contribution in [0.5, 0.6) is 11.5 Å². The molecule has 0 radical (unpaired) electrons. The van der Waals surface area contributed by atoms with Crippen molar-refractivity contribution in [3.8, 4) is 11.5 Å². The van der Waals surface area contributed by atoms with Crippen molar-refractivity contribution in [2.24, 2.45) is 0 Å². The number of rotatable bonds is 7. The normalized spacial score (nSPS) is 10.9. The van der Waals surface area contributed by atoms with Gasteiger partial charge in [-0.05, 0) is 29.8 Å². The minimum Gasteiger partial charge on any atom is -0.497 e. The topological polar surface area (TPSA) is 108 Å². The predicted molar refractivity (Wildman–Crippen MR) is 88.9 cm³/mol. The Morgan fingerprint density at radius 1 is 1.17 bits per heavy atom. The molecule has 0 aliphatic heterocycles. The lowest BCUT2D eigenvalue weighted by molar-refractivity contribution is -0.385. The molecule has 0 bridgehead atoms. The summed E-state index contributed by atoms with van der Waals surface area (Å²) in [5.41, 5.74) is 0.206. The number of para-hydroxylation sites is 1. The standard InChI is InChI=1S/C15H16N2O6S/c1-22-12-8-6-11(7-9-12)10-23-14-5-3-4-13(15(14)17(18)19)16-24(2,20)21/h3-9,16H,10H2,1-2H3. The molecule has 0 unspecified atom stereocenters. The Kier molecular flexibility index (Phi) is 5.24. The summed E-state index contributed by atoms with van der Waals surface area (Å²) in [6.45, 7) is 0.0904. The molecule has 0 amide bonds. The van der Waals surface area contributed by atoms with E-state index in [1.54, 1.807) is 31.4 Å². The van der Waals surface area contributed by atoms with Gasteiger partial charge in [-0.15, -0.1) is 0 Å². The average molecular weight is 352 g/mol. The van der Waals surface area contributed by atoms with Crippen molar-refractivity contribution < 1.29 is 22.8 Å². The quantitative estimate of drug-likeness (QED) is 0.606. The van der Waals surface area contributed by atoms with Gasteiger partial charge in [-0.2, -0.15) is 0 Å².